The van der Waals surface area contributed by atoms with Crippen LogP contribution < -0.4 is 10.1 Å². The van der Waals surface area contributed by atoms with Crippen LogP contribution in [0.2, 0.25) is 0 Å². The highest BCUT2D eigenvalue weighted by Crippen LogP contribution is 2.23. The fraction of sp³-hybridized carbons (Fsp3) is 0.133. The van der Waals surface area contributed by atoms with Gasteiger partial charge in [0.25, 0.3) is 5.91 Å². The Kier molecular flexibility index (Phi) is 4.97. The second kappa shape index (κ2) is 6.74. The molecular weight excluding hydrogens is 315 g/mol. The highest BCUT2D eigenvalue weighted by atomic mass is 32.2. The summed E-state index contributed by atoms with van der Waals surface area (Å²) in [4.78, 5) is 13.0. The Bertz CT molecular complexity index is 657. The number of benzene rings is 2. The second-order valence-electron chi connectivity index (χ2n) is 4.26. The third-order valence-corrected chi connectivity index (χ3v) is 3.40. The summed E-state index contributed by atoms with van der Waals surface area (Å²) in [5.41, 5.74) is 0.858. The van der Waals surface area contributed by atoms with Gasteiger partial charge in [-0.2, -0.15) is 0 Å². The molecule has 0 bridgehead atoms. The van der Waals surface area contributed by atoms with Gasteiger partial charge in [-0.1, -0.05) is 6.07 Å². The van der Waals surface area contributed by atoms with Gasteiger partial charge in [-0.3, -0.25) is 4.79 Å². The fourth-order valence-electron chi connectivity index (χ4n) is 1.71. The normalized spacial score (nSPS) is 11.1. The summed E-state index contributed by atoms with van der Waals surface area (Å²) in [5.74, 6) is -0.773. The third-order valence-electron chi connectivity index (χ3n) is 2.68. The predicted molar refractivity (Wildman–Crippen MR) is 79.3 cm³/mol. The van der Waals surface area contributed by atoms with Crippen LogP contribution in [0.4, 0.5) is 18.9 Å². The van der Waals surface area contributed by atoms with Crippen molar-refractivity contribution in [3.05, 3.63) is 54.1 Å². The van der Waals surface area contributed by atoms with Crippen molar-refractivity contribution < 1.29 is 22.7 Å². The molecule has 0 spiro atoms. The minimum atomic E-state index is -4.75. The Morgan fingerprint density at radius 2 is 1.82 bits per heavy atom. The number of hydrogen-bond donors (Lipinski definition) is 1. The number of halogens is 3. The SMILES string of the molecule is CSc1cccc(NC(=O)c2ccc(OC(F)(F)F)cc2)c1. The van der Waals surface area contributed by atoms with Crippen molar-refractivity contribution in [1.82, 2.24) is 0 Å². The number of carbonyl (C=O) groups excluding carboxylic acids is 1. The minimum absolute atomic E-state index is 0.240. The van der Waals surface area contributed by atoms with Crippen molar-refractivity contribution in [3.8, 4) is 5.75 Å². The summed E-state index contributed by atoms with van der Waals surface area (Å²) in [6.07, 6.45) is -2.83. The fourth-order valence-corrected chi connectivity index (χ4v) is 2.17. The van der Waals surface area contributed by atoms with Crippen LogP contribution in [0.1, 0.15) is 10.4 Å². The Hall–Kier alpha value is -2.15. The van der Waals surface area contributed by atoms with E-state index in [0.717, 1.165) is 17.0 Å². The summed E-state index contributed by atoms with van der Waals surface area (Å²) < 4.78 is 39.9. The van der Waals surface area contributed by atoms with Crippen molar-refractivity contribution in [3.63, 3.8) is 0 Å². The van der Waals surface area contributed by atoms with Crippen molar-refractivity contribution in [2.75, 3.05) is 11.6 Å². The average molecular weight is 327 g/mol. The van der Waals surface area contributed by atoms with E-state index < -0.39 is 12.3 Å². The Morgan fingerprint density at radius 3 is 2.41 bits per heavy atom. The molecule has 1 N–H and O–H groups in total. The topological polar surface area (TPSA) is 38.3 Å². The van der Waals surface area contributed by atoms with E-state index in [1.54, 1.807) is 6.07 Å². The first-order valence-electron chi connectivity index (χ1n) is 6.18. The number of carbonyl (C=O) groups is 1. The van der Waals surface area contributed by atoms with Gasteiger partial charge in [-0.15, -0.1) is 24.9 Å². The molecule has 0 aliphatic heterocycles. The van der Waals surface area contributed by atoms with Gasteiger partial charge in [-0.25, -0.2) is 0 Å². The zero-order chi connectivity index (χ0) is 16.2. The van der Waals surface area contributed by atoms with Crippen LogP contribution in [0.25, 0.3) is 0 Å². The first-order valence-corrected chi connectivity index (χ1v) is 7.41. The van der Waals surface area contributed by atoms with E-state index in [1.807, 2.05) is 24.5 Å². The van der Waals surface area contributed by atoms with E-state index in [9.17, 15) is 18.0 Å². The van der Waals surface area contributed by atoms with Gasteiger partial charge in [0, 0.05) is 16.1 Å². The van der Waals surface area contributed by atoms with E-state index in [-0.39, 0.29) is 11.3 Å². The average Bonchev–Trinajstić information content (AvgIpc) is 2.46. The molecule has 0 fully saturated rings. The van der Waals surface area contributed by atoms with E-state index in [0.29, 0.717) is 5.69 Å². The molecular formula is C15H12F3NO2S. The minimum Gasteiger partial charge on any atom is -0.406 e. The molecule has 0 atom stereocenters. The van der Waals surface area contributed by atoms with Gasteiger partial charge >= 0.3 is 6.36 Å². The van der Waals surface area contributed by atoms with Crippen LogP contribution in [-0.2, 0) is 0 Å². The van der Waals surface area contributed by atoms with Gasteiger partial charge in [0.1, 0.15) is 5.75 Å². The molecule has 0 aromatic heterocycles. The summed E-state index contributed by atoms with van der Waals surface area (Å²) in [6, 6.07) is 12.0. The smallest absolute Gasteiger partial charge is 0.406 e. The Labute approximate surface area is 129 Å². The van der Waals surface area contributed by atoms with Crippen LogP contribution in [0, 0.1) is 0 Å². The lowest BCUT2D eigenvalue weighted by molar-refractivity contribution is -0.274. The van der Waals surface area contributed by atoms with Crippen molar-refractivity contribution in [2.24, 2.45) is 0 Å². The van der Waals surface area contributed by atoms with Gasteiger partial charge in [0.2, 0.25) is 0 Å². The molecule has 22 heavy (non-hydrogen) atoms. The number of alkyl halides is 3. The molecule has 7 heteroatoms. The van der Waals surface area contributed by atoms with Gasteiger partial charge < -0.3 is 10.1 Å². The largest absolute Gasteiger partial charge is 0.573 e. The van der Waals surface area contributed by atoms with Crippen molar-refractivity contribution in [1.29, 1.82) is 0 Å². The molecule has 0 aliphatic rings. The van der Waals surface area contributed by atoms with E-state index >= 15 is 0 Å². The molecule has 0 heterocycles. The van der Waals surface area contributed by atoms with Crippen LogP contribution in [0.15, 0.2) is 53.4 Å². The molecule has 2 rings (SSSR count). The number of amides is 1. The van der Waals surface area contributed by atoms with Gasteiger partial charge in [0.05, 0.1) is 0 Å². The molecule has 0 radical (unpaired) electrons. The Balaban J connectivity index is 2.06. The van der Waals surface area contributed by atoms with Crippen LogP contribution in [0.5, 0.6) is 5.75 Å². The standard InChI is InChI=1S/C15H12F3NO2S/c1-22-13-4-2-3-11(9-13)19-14(20)10-5-7-12(8-6-10)21-15(16,17)18/h2-9H,1H3,(H,19,20). The first-order chi connectivity index (χ1) is 10.4. The molecule has 3 nitrogen and oxygen atoms in total. The second-order valence-corrected chi connectivity index (χ2v) is 5.14. The monoisotopic (exact) mass is 327 g/mol. The zero-order valence-corrected chi connectivity index (χ0v) is 12.3. The van der Waals surface area contributed by atoms with E-state index in [4.69, 9.17) is 0 Å². The molecule has 0 aliphatic carbocycles. The number of ether oxygens (including phenoxy) is 1. The molecule has 0 unspecified atom stereocenters. The summed E-state index contributed by atoms with van der Waals surface area (Å²) >= 11 is 1.54. The summed E-state index contributed by atoms with van der Waals surface area (Å²) in [5, 5.41) is 2.69. The van der Waals surface area contributed by atoms with Crippen LogP contribution >= 0.6 is 11.8 Å². The molecule has 1 amide bonds. The predicted octanol–water partition coefficient (Wildman–Crippen LogP) is 4.56. The molecule has 2 aromatic rings. The number of hydrogen-bond acceptors (Lipinski definition) is 3. The van der Waals surface area contributed by atoms with Gasteiger partial charge in [-0.05, 0) is 48.7 Å². The third kappa shape index (κ3) is 4.70. The lowest BCUT2D eigenvalue weighted by Crippen LogP contribution is -2.17. The Morgan fingerprint density at radius 1 is 1.14 bits per heavy atom. The lowest BCUT2D eigenvalue weighted by atomic mass is 10.2. The van der Waals surface area contributed by atoms with Crippen molar-refractivity contribution >= 4 is 23.4 Å². The number of rotatable bonds is 4. The first kappa shape index (κ1) is 16.2. The molecule has 116 valence electrons. The maximum absolute atomic E-state index is 12.1. The quantitative estimate of drug-likeness (QED) is 0.837. The summed E-state index contributed by atoms with van der Waals surface area (Å²) in [7, 11) is 0. The highest BCUT2D eigenvalue weighted by molar-refractivity contribution is 7.98. The highest BCUT2D eigenvalue weighted by Gasteiger charge is 2.31. The molecule has 0 saturated heterocycles. The zero-order valence-electron chi connectivity index (χ0n) is 11.5. The van der Waals surface area contributed by atoms with Gasteiger partial charge in [0.15, 0.2) is 0 Å². The number of anilines is 1. The molecule has 0 saturated carbocycles. The van der Waals surface area contributed by atoms with Crippen molar-refractivity contribution in [2.45, 2.75) is 11.3 Å². The summed E-state index contributed by atoms with van der Waals surface area (Å²) in [6.45, 7) is 0. The van der Waals surface area contributed by atoms with E-state index in [2.05, 4.69) is 10.1 Å². The van der Waals surface area contributed by atoms with E-state index in [1.165, 1.54) is 23.9 Å². The lowest BCUT2D eigenvalue weighted by Gasteiger charge is -2.10. The number of nitrogens with one attached hydrogen (secondary N) is 1. The maximum atomic E-state index is 12.1. The van der Waals surface area contributed by atoms with Crippen LogP contribution in [0.3, 0.4) is 0 Å². The molecule has 2 aromatic carbocycles. The maximum Gasteiger partial charge on any atom is 0.573 e. The number of thioether (sulfide) groups is 1. The van der Waals surface area contributed by atoms with Crippen LogP contribution in [-0.4, -0.2) is 18.5 Å².